The predicted octanol–water partition coefficient (Wildman–Crippen LogP) is -6.04. The largest absolute Gasteiger partial charge is 0.394 e. The first-order valence-electron chi connectivity index (χ1n) is 7.14. The van der Waals surface area contributed by atoms with Crippen molar-refractivity contribution < 1.29 is 50.3 Å². The highest BCUT2D eigenvalue weighted by atomic mass is 16.7. The summed E-state index contributed by atoms with van der Waals surface area (Å²) in [5.74, 6) is 0. The normalized spacial score (nSPS) is 54.9. The number of aliphatic hydroxyl groups excluding tert-OH is 8. The van der Waals surface area contributed by atoms with Gasteiger partial charge in [0.05, 0.1) is 12.6 Å². The van der Waals surface area contributed by atoms with Crippen LogP contribution in [0.25, 0.3) is 0 Å². The molecule has 1 heterocycles. The molecular weight excluding hydrogens is 318 g/mol. The van der Waals surface area contributed by atoms with Crippen molar-refractivity contribution in [1.82, 2.24) is 0 Å². The quantitative estimate of drug-likeness (QED) is 0.236. The van der Waals surface area contributed by atoms with Crippen molar-refractivity contribution in [3.8, 4) is 0 Å². The Bertz CT molecular complexity index is 382. The molecule has 0 amide bonds. The molecule has 136 valence electrons. The van der Waals surface area contributed by atoms with Gasteiger partial charge in [-0.1, -0.05) is 0 Å². The Hall–Kier alpha value is -0.440. The summed E-state index contributed by atoms with van der Waals surface area (Å²) in [6.45, 7) is -0.648. The first-order valence-corrected chi connectivity index (χ1v) is 7.14. The molecule has 1 saturated heterocycles. The van der Waals surface area contributed by atoms with E-state index in [9.17, 15) is 35.7 Å². The maximum Gasteiger partial charge on any atom is 0.176 e. The zero-order chi connectivity index (χ0) is 17.5. The first kappa shape index (κ1) is 18.9. The molecule has 0 aromatic rings. The molecule has 2 unspecified atom stereocenters. The molecule has 1 aliphatic heterocycles. The van der Waals surface area contributed by atoms with Gasteiger partial charge in [0.2, 0.25) is 0 Å². The molecule has 11 heteroatoms. The maximum atomic E-state index is 9.89. The molecular formula is C12H23NO10. The van der Waals surface area contributed by atoms with Gasteiger partial charge in [-0.2, -0.15) is 0 Å². The average molecular weight is 341 g/mol. The molecule has 10 N–H and O–H groups in total. The first-order chi connectivity index (χ1) is 10.7. The van der Waals surface area contributed by atoms with Crippen molar-refractivity contribution in [3.63, 3.8) is 0 Å². The van der Waals surface area contributed by atoms with Crippen LogP contribution in [0.3, 0.4) is 0 Å². The lowest BCUT2D eigenvalue weighted by Crippen LogP contribution is -2.68. The molecule has 2 aliphatic rings. The van der Waals surface area contributed by atoms with E-state index in [1.165, 1.54) is 0 Å². The predicted molar refractivity (Wildman–Crippen MR) is 70.6 cm³/mol. The number of hydrogen-bond acceptors (Lipinski definition) is 11. The highest BCUT2D eigenvalue weighted by molar-refractivity contribution is 5.00. The number of hydrogen-bond donors (Lipinski definition) is 9. The summed E-state index contributed by atoms with van der Waals surface area (Å²) in [4.78, 5) is 0. The van der Waals surface area contributed by atoms with Crippen LogP contribution in [-0.4, -0.2) is 115 Å². The van der Waals surface area contributed by atoms with Crippen molar-refractivity contribution in [2.45, 2.75) is 67.3 Å². The highest BCUT2D eigenvalue weighted by Crippen LogP contribution is 2.28. The monoisotopic (exact) mass is 341 g/mol. The molecule has 0 radical (unpaired) electrons. The Kier molecular flexibility index (Phi) is 5.92. The summed E-state index contributed by atoms with van der Waals surface area (Å²) in [6.07, 6.45) is -16.1. The lowest BCUT2D eigenvalue weighted by atomic mass is 9.84. The summed E-state index contributed by atoms with van der Waals surface area (Å²) >= 11 is 0. The molecule has 1 saturated carbocycles. The van der Waals surface area contributed by atoms with Crippen molar-refractivity contribution in [2.75, 3.05) is 6.61 Å². The van der Waals surface area contributed by atoms with Gasteiger partial charge < -0.3 is 56.1 Å². The molecule has 11 nitrogen and oxygen atoms in total. The van der Waals surface area contributed by atoms with E-state index in [1.807, 2.05) is 0 Å². The van der Waals surface area contributed by atoms with Crippen LogP contribution in [0.5, 0.6) is 0 Å². The van der Waals surface area contributed by atoms with E-state index in [0.717, 1.165) is 0 Å². The third-order valence-electron chi connectivity index (χ3n) is 4.29. The fraction of sp³-hybridized carbons (Fsp3) is 1.00. The minimum atomic E-state index is -1.79. The van der Waals surface area contributed by atoms with E-state index in [-0.39, 0.29) is 0 Å². The van der Waals surface area contributed by atoms with Crippen molar-refractivity contribution in [1.29, 1.82) is 0 Å². The molecule has 0 aromatic heterocycles. The van der Waals surface area contributed by atoms with E-state index in [0.29, 0.717) is 0 Å². The van der Waals surface area contributed by atoms with Crippen molar-refractivity contribution in [3.05, 3.63) is 0 Å². The Balaban J connectivity index is 2.13. The van der Waals surface area contributed by atoms with Crippen LogP contribution in [0, 0.1) is 0 Å². The smallest absolute Gasteiger partial charge is 0.176 e. The molecule has 23 heavy (non-hydrogen) atoms. The van der Waals surface area contributed by atoms with E-state index in [1.54, 1.807) is 0 Å². The number of ether oxygens (including phenoxy) is 2. The fourth-order valence-electron chi connectivity index (χ4n) is 2.74. The fourth-order valence-corrected chi connectivity index (χ4v) is 2.74. The molecule has 0 spiro atoms. The van der Waals surface area contributed by atoms with Crippen molar-refractivity contribution in [2.24, 2.45) is 5.73 Å². The number of nitrogens with two attached hydrogens (primary N) is 1. The summed E-state index contributed by atoms with van der Waals surface area (Å²) < 4.78 is 10.4. The third kappa shape index (κ3) is 3.36. The van der Waals surface area contributed by atoms with Crippen LogP contribution in [0.1, 0.15) is 0 Å². The van der Waals surface area contributed by atoms with Gasteiger partial charge in [-0.05, 0) is 0 Å². The van der Waals surface area contributed by atoms with Gasteiger partial charge in [-0.25, -0.2) is 0 Å². The number of aliphatic hydroxyl groups is 8. The third-order valence-corrected chi connectivity index (χ3v) is 4.29. The van der Waals surface area contributed by atoms with Gasteiger partial charge in [0.15, 0.2) is 6.29 Å². The van der Waals surface area contributed by atoms with E-state index < -0.39 is 73.9 Å². The molecule has 2 fully saturated rings. The lowest BCUT2D eigenvalue weighted by Gasteiger charge is -2.46. The summed E-state index contributed by atoms with van der Waals surface area (Å²) in [5.41, 5.74) is 5.66. The second kappa shape index (κ2) is 7.21. The highest BCUT2D eigenvalue weighted by Gasteiger charge is 2.52. The Morgan fingerprint density at radius 2 is 1.22 bits per heavy atom. The minimum Gasteiger partial charge on any atom is -0.394 e. The topological polar surface area (TPSA) is 206 Å². The summed E-state index contributed by atoms with van der Waals surface area (Å²) in [7, 11) is 0. The van der Waals surface area contributed by atoms with E-state index in [2.05, 4.69) is 0 Å². The molecule has 11 atom stereocenters. The Morgan fingerprint density at radius 3 is 1.70 bits per heavy atom. The van der Waals surface area contributed by atoms with Crippen LogP contribution in [0.4, 0.5) is 0 Å². The van der Waals surface area contributed by atoms with Gasteiger partial charge in [-0.15, -0.1) is 0 Å². The van der Waals surface area contributed by atoms with Crippen LogP contribution in [0.2, 0.25) is 0 Å². The average Bonchev–Trinajstić information content (AvgIpc) is 2.54. The van der Waals surface area contributed by atoms with Crippen LogP contribution in [-0.2, 0) is 9.47 Å². The summed E-state index contributed by atoms with van der Waals surface area (Å²) in [5, 5.41) is 77.1. The maximum absolute atomic E-state index is 9.89. The second-order valence-corrected chi connectivity index (χ2v) is 5.84. The Labute approximate surface area is 131 Å². The standard InChI is InChI=1S/C12H23NO10/c13-3-5(16)4(15)2(1-14)22-12(3)23-11-9(20)7(18)6(17)8(19)10(11)21/h2-12,14-21H,1,13H2/t2-,3-,4-,5-,6?,7-,8+,9+,10+,11?,12-/m1/s1. The Morgan fingerprint density at radius 1 is 0.739 bits per heavy atom. The van der Waals surface area contributed by atoms with Gasteiger partial charge in [-0.3, -0.25) is 0 Å². The second-order valence-electron chi connectivity index (χ2n) is 5.84. The molecule has 2 rings (SSSR count). The van der Waals surface area contributed by atoms with Crippen LogP contribution < -0.4 is 5.73 Å². The van der Waals surface area contributed by atoms with Gasteiger partial charge in [0, 0.05) is 0 Å². The molecule has 1 aliphatic carbocycles. The van der Waals surface area contributed by atoms with Gasteiger partial charge in [0.25, 0.3) is 0 Å². The molecule has 0 aromatic carbocycles. The van der Waals surface area contributed by atoms with Gasteiger partial charge in [0.1, 0.15) is 54.9 Å². The summed E-state index contributed by atoms with van der Waals surface area (Å²) in [6, 6.07) is -1.28. The molecule has 0 bridgehead atoms. The SMILES string of the molecule is N[C@H]1[C@@H](OC2[C@@H](O)[C@H](O)C(O)[C@H](O)[C@@H]2O)O[C@H](CO)[C@@H](O)[C@@H]1O. The van der Waals surface area contributed by atoms with Crippen LogP contribution in [0.15, 0.2) is 0 Å². The van der Waals surface area contributed by atoms with E-state index in [4.69, 9.17) is 20.3 Å². The minimum absolute atomic E-state index is 0.648. The zero-order valence-electron chi connectivity index (χ0n) is 12.0. The van der Waals surface area contributed by atoms with Crippen LogP contribution >= 0.6 is 0 Å². The van der Waals surface area contributed by atoms with Gasteiger partial charge >= 0.3 is 0 Å². The van der Waals surface area contributed by atoms with E-state index >= 15 is 0 Å². The lowest BCUT2D eigenvalue weighted by molar-refractivity contribution is -0.316. The number of rotatable bonds is 3. The zero-order valence-corrected chi connectivity index (χ0v) is 12.0. The van der Waals surface area contributed by atoms with Crippen molar-refractivity contribution >= 4 is 0 Å².